The third-order valence-electron chi connectivity index (χ3n) is 3.91. The Labute approximate surface area is 168 Å². The number of nitrogens with one attached hydrogen (secondary N) is 3. The minimum absolute atomic E-state index is 0.0554. The van der Waals surface area contributed by atoms with Gasteiger partial charge in [0.05, 0.1) is 0 Å². The third-order valence-corrected chi connectivity index (χ3v) is 4.23. The van der Waals surface area contributed by atoms with E-state index >= 15 is 0 Å². The predicted octanol–water partition coefficient (Wildman–Crippen LogP) is 4.08. The molecule has 3 aromatic rings. The molecule has 0 spiro atoms. The summed E-state index contributed by atoms with van der Waals surface area (Å²) in [7, 11) is 0. The topological polar surface area (TPSA) is 78.9 Å². The van der Waals surface area contributed by atoms with Crippen LogP contribution in [0.15, 0.2) is 60.9 Å². The van der Waals surface area contributed by atoms with Gasteiger partial charge in [-0.1, -0.05) is 0 Å². The van der Waals surface area contributed by atoms with Gasteiger partial charge >= 0.3 is 6.18 Å². The fourth-order valence-corrected chi connectivity index (χ4v) is 2.72. The second-order valence-corrected chi connectivity index (χ2v) is 6.40. The van der Waals surface area contributed by atoms with Crippen LogP contribution in [0.2, 0.25) is 0 Å². The van der Waals surface area contributed by atoms with Crippen LogP contribution in [0.1, 0.15) is 20.7 Å². The number of H-pyrrole nitrogens is 1. The maximum atomic E-state index is 12.4. The highest BCUT2D eigenvalue weighted by Gasteiger charge is 2.27. The van der Waals surface area contributed by atoms with Gasteiger partial charge in [-0.3, -0.25) is 14.2 Å². The van der Waals surface area contributed by atoms with Crippen molar-refractivity contribution in [1.82, 2.24) is 14.9 Å². The highest BCUT2D eigenvalue weighted by Crippen LogP contribution is 2.15. The minimum Gasteiger partial charge on any atom is -0.343 e. The molecule has 2 amide bonds. The Hall–Kier alpha value is -3.40. The first kappa shape index (κ1) is 20.3. The van der Waals surface area contributed by atoms with E-state index in [0.29, 0.717) is 16.0 Å². The number of carbonyl (C=O) groups excluding carboxylic acids is 2. The highest BCUT2D eigenvalue weighted by molar-refractivity contribution is 7.71. The minimum atomic E-state index is -4.48. The number of hydrogen-bond acceptors (Lipinski definition) is 3. The molecule has 0 radical (unpaired) electrons. The van der Waals surface area contributed by atoms with Crippen molar-refractivity contribution in [3.63, 3.8) is 0 Å². The molecule has 0 saturated carbocycles. The summed E-state index contributed by atoms with van der Waals surface area (Å²) < 4.78 is 38.7. The van der Waals surface area contributed by atoms with E-state index in [2.05, 4.69) is 10.3 Å². The zero-order chi connectivity index (χ0) is 21.0. The number of amides is 2. The number of nitrogens with zero attached hydrogens (tertiary/aromatic N) is 1. The molecule has 0 atom stereocenters. The lowest BCUT2D eigenvalue weighted by Gasteiger charge is -2.09. The number of hydrogen-bond donors (Lipinski definition) is 3. The summed E-state index contributed by atoms with van der Waals surface area (Å²) in [6, 6.07) is 12.3. The van der Waals surface area contributed by atoms with E-state index in [4.69, 9.17) is 12.2 Å². The molecule has 29 heavy (non-hydrogen) atoms. The Bertz CT molecular complexity index is 1070. The highest BCUT2D eigenvalue weighted by atomic mass is 32.1. The molecule has 0 aliphatic rings. The van der Waals surface area contributed by atoms with Crippen molar-refractivity contribution in [3.05, 3.63) is 76.8 Å². The van der Waals surface area contributed by atoms with E-state index in [-0.39, 0.29) is 11.5 Å². The summed E-state index contributed by atoms with van der Waals surface area (Å²) >= 11 is 5.15. The van der Waals surface area contributed by atoms with E-state index in [9.17, 15) is 22.8 Å². The zero-order valence-electron chi connectivity index (χ0n) is 14.8. The quantitative estimate of drug-likeness (QED) is 0.545. The molecular weight excluding hydrogens is 405 g/mol. The van der Waals surface area contributed by atoms with Crippen LogP contribution in [0.5, 0.6) is 0 Å². The van der Waals surface area contributed by atoms with Crippen LogP contribution in [-0.2, 0) is 0 Å². The zero-order valence-corrected chi connectivity index (χ0v) is 15.6. The summed E-state index contributed by atoms with van der Waals surface area (Å²) in [6.45, 7) is -1.41. The Morgan fingerprint density at radius 3 is 2.10 bits per heavy atom. The fraction of sp³-hybridized carbons (Fsp3) is 0.105. The predicted molar refractivity (Wildman–Crippen MR) is 104 cm³/mol. The maximum Gasteiger partial charge on any atom is 0.405 e. The SMILES string of the molecule is O=C(NCC(F)(F)F)c1ccc(NC(=O)c2ccc(-n3cc[nH]c3=S)cc2)cc1. The van der Waals surface area contributed by atoms with Crippen LogP contribution >= 0.6 is 12.2 Å². The second kappa shape index (κ2) is 8.31. The van der Waals surface area contributed by atoms with Crippen LogP contribution in [0.3, 0.4) is 0 Å². The molecule has 2 aromatic carbocycles. The first-order chi connectivity index (χ1) is 13.7. The van der Waals surface area contributed by atoms with Gasteiger partial charge in [-0.15, -0.1) is 0 Å². The molecule has 0 bridgehead atoms. The van der Waals surface area contributed by atoms with Gasteiger partial charge in [-0.25, -0.2) is 0 Å². The molecule has 0 fully saturated rings. The standard InChI is InChI=1S/C19H15F3N4O2S/c20-19(21,22)11-24-16(27)12-1-5-14(6-2-12)25-17(28)13-3-7-15(8-4-13)26-10-9-23-18(26)29/h1-10H,11H2,(H,23,29)(H,24,27)(H,25,28). The molecule has 3 rings (SSSR count). The van der Waals surface area contributed by atoms with Gasteiger partial charge < -0.3 is 15.6 Å². The van der Waals surface area contributed by atoms with Gasteiger partial charge in [-0.2, -0.15) is 13.2 Å². The molecule has 6 nitrogen and oxygen atoms in total. The molecule has 1 aromatic heterocycles. The lowest BCUT2D eigenvalue weighted by atomic mass is 10.1. The Balaban J connectivity index is 1.63. The summed E-state index contributed by atoms with van der Waals surface area (Å²) in [4.78, 5) is 26.9. The van der Waals surface area contributed by atoms with E-state index in [0.717, 1.165) is 5.69 Å². The number of anilines is 1. The van der Waals surface area contributed by atoms with Gasteiger partial charge in [0.15, 0.2) is 4.77 Å². The first-order valence-electron chi connectivity index (χ1n) is 8.36. The molecular formula is C19H15F3N4O2S. The number of alkyl halides is 3. The third kappa shape index (κ3) is 5.32. The van der Waals surface area contributed by atoms with E-state index < -0.39 is 18.6 Å². The van der Waals surface area contributed by atoms with Gasteiger partial charge in [-0.05, 0) is 60.7 Å². The van der Waals surface area contributed by atoms with Crippen molar-refractivity contribution in [1.29, 1.82) is 0 Å². The summed E-state index contributed by atoms with van der Waals surface area (Å²) in [5, 5.41) is 4.44. The molecule has 0 aliphatic heterocycles. The van der Waals surface area contributed by atoms with Crippen molar-refractivity contribution in [2.24, 2.45) is 0 Å². The van der Waals surface area contributed by atoms with Crippen LogP contribution in [0.4, 0.5) is 18.9 Å². The van der Waals surface area contributed by atoms with Gasteiger partial charge in [0.1, 0.15) is 6.54 Å². The first-order valence-corrected chi connectivity index (χ1v) is 8.76. The number of rotatable bonds is 5. The number of imidazole rings is 1. The van der Waals surface area contributed by atoms with E-state index in [1.54, 1.807) is 46.5 Å². The van der Waals surface area contributed by atoms with Gasteiger partial charge in [0.2, 0.25) is 0 Å². The van der Waals surface area contributed by atoms with Crippen molar-refractivity contribution < 1.29 is 22.8 Å². The van der Waals surface area contributed by atoms with Crippen LogP contribution in [0.25, 0.3) is 5.69 Å². The van der Waals surface area contributed by atoms with Crippen molar-refractivity contribution >= 4 is 29.7 Å². The number of benzene rings is 2. The van der Waals surface area contributed by atoms with Crippen LogP contribution in [0, 0.1) is 4.77 Å². The molecule has 0 unspecified atom stereocenters. The Kier molecular flexibility index (Phi) is 5.83. The lowest BCUT2D eigenvalue weighted by molar-refractivity contribution is -0.123. The fourth-order valence-electron chi connectivity index (χ4n) is 2.49. The average Bonchev–Trinajstić information content (AvgIpc) is 3.12. The molecule has 1 heterocycles. The van der Waals surface area contributed by atoms with Crippen molar-refractivity contribution in [2.75, 3.05) is 11.9 Å². The smallest absolute Gasteiger partial charge is 0.343 e. The monoisotopic (exact) mass is 420 g/mol. The van der Waals surface area contributed by atoms with Crippen molar-refractivity contribution in [3.8, 4) is 5.69 Å². The summed E-state index contributed by atoms with van der Waals surface area (Å²) in [5.41, 5.74) is 1.66. The number of halogens is 3. The normalized spacial score (nSPS) is 11.1. The molecule has 150 valence electrons. The summed E-state index contributed by atoms with van der Waals surface area (Å²) in [5.74, 6) is -1.22. The van der Waals surface area contributed by atoms with Crippen LogP contribution in [-0.4, -0.2) is 34.1 Å². The molecule has 3 N–H and O–H groups in total. The summed E-state index contributed by atoms with van der Waals surface area (Å²) in [6.07, 6.45) is -1.01. The molecule has 10 heteroatoms. The lowest BCUT2D eigenvalue weighted by Crippen LogP contribution is -2.33. The molecule has 0 aliphatic carbocycles. The number of carbonyl (C=O) groups is 2. The molecule has 0 saturated heterocycles. The van der Waals surface area contributed by atoms with Crippen molar-refractivity contribution in [2.45, 2.75) is 6.18 Å². The van der Waals surface area contributed by atoms with Crippen LogP contribution < -0.4 is 10.6 Å². The maximum absolute atomic E-state index is 12.4. The van der Waals surface area contributed by atoms with E-state index in [1.807, 2.05) is 0 Å². The largest absolute Gasteiger partial charge is 0.405 e. The van der Waals surface area contributed by atoms with E-state index in [1.165, 1.54) is 24.3 Å². The number of aromatic amines is 1. The average molecular weight is 420 g/mol. The Morgan fingerprint density at radius 1 is 0.966 bits per heavy atom. The second-order valence-electron chi connectivity index (χ2n) is 6.01. The van der Waals surface area contributed by atoms with Gasteiger partial charge in [0, 0.05) is 34.9 Å². The number of aromatic nitrogens is 2. The van der Waals surface area contributed by atoms with Gasteiger partial charge in [0.25, 0.3) is 11.8 Å². The Morgan fingerprint density at radius 2 is 1.55 bits per heavy atom.